The summed E-state index contributed by atoms with van der Waals surface area (Å²) in [6, 6.07) is 15.1. The van der Waals surface area contributed by atoms with Crippen LogP contribution in [0.1, 0.15) is 35.6 Å². The van der Waals surface area contributed by atoms with Crippen molar-refractivity contribution in [3.8, 4) is 5.75 Å². The van der Waals surface area contributed by atoms with Crippen LogP contribution in [0.15, 0.2) is 42.5 Å². The van der Waals surface area contributed by atoms with E-state index in [2.05, 4.69) is 54.7 Å². The lowest BCUT2D eigenvalue weighted by atomic mass is 10.1. The maximum Gasteiger partial charge on any atom is 0.120 e. The van der Waals surface area contributed by atoms with E-state index in [1.54, 1.807) is 0 Å². The first kappa shape index (κ1) is 14.2. The molecule has 110 valence electrons. The van der Waals surface area contributed by atoms with Gasteiger partial charge in [-0.15, -0.1) is 0 Å². The number of fused-ring (bicyclic) bond motifs is 1. The molecule has 0 heterocycles. The van der Waals surface area contributed by atoms with Gasteiger partial charge in [0.1, 0.15) is 12.4 Å². The minimum atomic E-state index is 0.638. The Bertz CT molecular complexity index is 606. The smallest absolute Gasteiger partial charge is 0.120 e. The first-order chi connectivity index (χ1) is 10.3. The first-order valence-electron chi connectivity index (χ1n) is 7.88. The van der Waals surface area contributed by atoms with Crippen molar-refractivity contribution < 1.29 is 4.74 Å². The van der Waals surface area contributed by atoms with Crippen molar-refractivity contribution in [3.05, 3.63) is 64.7 Å². The molecule has 0 saturated heterocycles. The van der Waals surface area contributed by atoms with Gasteiger partial charge in [0.2, 0.25) is 0 Å². The normalized spacial score (nSPS) is 13.2. The predicted octanol–water partition coefficient (Wildman–Crippen LogP) is 3.86. The van der Waals surface area contributed by atoms with E-state index in [4.69, 9.17) is 4.74 Å². The van der Waals surface area contributed by atoms with Crippen LogP contribution in [0, 0.1) is 0 Å². The molecule has 0 aliphatic heterocycles. The Morgan fingerprint density at radius 1 is 1.00 bits per heavy atom. The quantitative estimate of drug-likeness (QED) is 0.868. The molecular formula is C19H23NO. The van der Waals surface area contributed by atoms with Crippen molar-refractivity contribution in [3.63, 3.8) is 0 Å². The van der Waals surface area contributed by atoms with E-state index in [1.165, 1.54) is 41.5 Å². The average molecular weight is 281 g/mol. The lowest BCUT2D eigenvalue weighted by molar-refractivity contribution is 0.306. The Morgan fingerprint density at radius 2 is 1.86 bits per heavy atom. The summed E-state index contributed by atoms with van der Waals surface area (Å²) in [5.41, 5.74) is 5.50. The van der Waals surface area contributed by atoms with Crippen molar-refractivity contribution in [1.82, 2.24) is 5.32 Å². The van der Waals surface area contributed by atoms with Crippen molar-refractivity contribution in [2.75, 3.05) is 6.54 Å². The molecule has 0 fully saturated rings. The number of nitrogens with one attached hydrogen (secondary N) is 1. The molecule has 1 aliphatic carbocycles. The minimum Gasteiger partial charge on any atom is -0.489 e. The average Bonchev–Trinajstić information content (AvgIpc) is 2.99. The van der Waals surface area contributed by atoms with Crippen LogP contribution >= 0.6 is 0 Å². The van der Waals surface area contributed by atoms with E-state index < -0.39 is 0 Å². The molecule has 2 heteroatoms. The zero-order valence-electron chi connectivity index (χ0n) is 12.7. The van der Waals surface area contributed by atoms with Gasteiger partial charge in [-0.25, -0.2) is 0 Å². The highest BCUT2D eigenvalue weighted by Crippen LogP contribution is 2.26. The Hall–Kier alpha value is -1.80. The van der Waals surface area contributed by atoms with Gasteiger partial charge in [-0.05, 0) is 60.2 Å². The Morgan fingerprint density at radius 3 is 2.76 bits per heavy atom. The first-order valence-corrected chi connectivity index (χ1v) is 7.88. The summed E-state index contributed by atoms with van der Waals surface area (Å²) in [5, 5.41) is 3.35. The lowest BCUT2D eigenvalue weighted by Crippen LogP contribution is -2.11. The van der Waals surface area contributed by atoms with Gasteiger partial charge in [0.25, 0.3) is 0 Å². The molecule has 2 nitrogen and oxygen atoms in total. The van der Waals surface area contributed by atoms with Crippen LogP contribution in [0.3, 0.4) is 0 Å². The molecular weight excluding hydrogens is 258 g/mol. The molecule has 3 rings (SSSR count). The van der Waals surface area contributed by atoms with Gasteiger partial charge in [-0.1, -0.05) is 37.3 Å². The van der Waals surface area contributed by atoms with E-state index in [1.807, 2.05) is 0 Å². The fourth-order valence-corrected chi connectivity index (χ4v) is 2.90. The van der Waals surface area contributed by atoms with Crippen LogP contribution in [0.4, 0.5) is 0 Å². The Kier molecular flexibility index (Phi) is 4.56. The maximum absolute atomic E-state index is 5.96. The van der Waals surface area contributed by atoms with Gasteiger partial charge >= 0.3 is 0 Å². The van der Waals surface area contributed by atoms with Gasteiger partial charge in [0.15, 0.2) is 0 Å². The lowest BCUT2D eigenvalue weighted by Gasteiger charge is -2.10. The van der Waals surface area contributed by atoms with Crippen molar-refractivity contribution >= 4 is 0 Å². The fourth-order valence-electron chi connectivity index (χ4n) is 2.90. The number of benzene rings is 2. The van der Waals surface area contributed by atoms with E-state index in [-0.39, 0.29) is 0 Å². The zero-order valence-corrected chi connectivity index (χ0v) is 12.7. The second kappa shape index (κ2) is 6.77. The highest BCUT2D eigenvalue weighted by atomic mass is 16.5. The highest BCUT2D eigenvalue weighted by Gasteiger charge is 2.11. The summed E-state index contributed by atoms with van der Waals surface area (Å²) in [6.45, 7) is 4.68. The third-order valence-corrected chi connectivity index (χ3v) is 4.05. The monoisotopic (exact) mass is 281 g/mol. The summed E-state index contributed by atoms with van der Waals surface area (Å²) in [6.07, 6.45) is 3.71. The molecule has 0 amide bonds. The number of rotatable bonds is 6. The molecule has 0 radical (unpaired) electrons. The molecule has 21 heavy (non-hydrogen) atoms. The molecule has 0 bridgehead atoms. The highest BCUT2D eigenvalue weighted by molar-refractivity contribution is 5.38. The van der Waals surface area contributed by atoms with Gasteiger partial charge in [-0.2, -0.15) is 0 Å². The number of hydrogen-bond donors (Lipinski definition) is 1. The summed E-state index contributed by atoms with van der Waals surface area (Å²) in [7, 11) is 0. The molecule has 1 aliphatic rings. The molecule has 2 aromatic carbocycles. The summed E-state index contributed by atoms with van der Waals surface area (Å²) >= 11 is 0. The summed E-state index contributed by atoms with van der Waals surface area (Å²) in [5.74, 6) is 0.993. The van der Waals surface area contributed by atoms with Gasteiger partial charge in [0, 0.05) is 6.54 Å². The molecule has 0 unspecified atom stereocenters. The van der Waals surface area contributed by atoms with Crippen molar-refractivity contribution in [1.29, 1.82) is 0 Å². The third kappa shape index (κ3) is 3.64. The fraction of sp³-hybridized carbons (Fsp3) is 0.368. The number of ether oxygens (including phenoxy) is 1. The second-order valence-electron chi connectivity index (χ2n) is 5.67. The van der Waals surface area contributed by atoms with Crippen LogP contribution in [0.25, 0.3) is 0 Å². The van der Waals surface area contributed by atoms with Gasteiger partial charge in [0.05, 0.1) is 0 Å². The summed E-state index contributed by atoms with van der Waals surface area (Å²) in [4.78, 5) is 0. The summed E-state index contributed by atoms with van der Waals surface area (Å²) < 4.78 is 5.96. The van der Waals surface area contributed by atoms with E-state index >= 15 is 0 Å². The zero-order chi connectivity index (χ0) is 14.5. The van der Waals surface area contributed by atoms with Crippen LogP contribution in [0.2, 0.25) is 0 Å². The van der Waals surface area contributed by atoms with Crippen molar-refractivity contribution in [2.24, 2.45) is 0 Å². The molecule has 0 saturated carbocycles. The topological polar surface area (TPSA) is 21.3 Å². The minimum absolute atomic E-state index is 0.638. The van der Waals surface area contributed by atoms with Gasteiger partial charge < -0.3 is 10.1 Å². The van der Waals surface area contributed by atoms with Crippen LogP contribution in [-0.4, -0.2) is 6.54 Å². The molecule has 0 aromatic heterocycles. The SMILES string of the molecule is CCNCc1cccc(COc2ccc3c(c2)CCC3)c1. The van der Waals surface area contributed by atoms with Crippen LogP contribution in [0.5, 0.6) is 5.75 Å². The van der Waals surface area contributed by atoms with E-state index in [9.17, 15) is 0 Å². The number of hydrogen-bond acceptors (Lipinski definition) is 2. The Labute approximate surface area is 127 Å². The van der Waals surface area contributed by atoms with Crippen molar-refractivity contribution in [2.45, 2.75) is 39.3 Å². The Balaban J connectivity index is 1.62. The maximum atomic E-state index is 5.96. The molecule has 1 N–H and O–H groups in total. The molecule has 0 atom stereocenters. The molecule has 0 spiro atoms. The van der Waals surface area contributed by atoms with E-state index in [0.29, 0.717) is 6.61 Å². The van der Waals surface area contributed by atoms with Crippen LogP contribution < -0.4 is 10.1 Å². The standard InChI is InChI=1S/C19H23NO/c1-2-20-13-15-5-3-6-16(11-15)14-21-19-10-9-17-7-4-8-18(17)12-19/h3,5-6,9-12,20H,2,4,7-8,13-14H2,1H3. The molecule has 2 aromatic rings. The van der Waals surface area contributed by atoms with Crippen LogP contribution in [-0.2, 0) is 26.0 Å². The second-order valence-corrected chi connectivity index (χ2v) is 5.67. The van der Waals surface area contributed by atoms with Gasteiger partial charge in [-0.3, -0.25) is 0 Å². The largest absolute Gasteiger partial charge is 0.489 e. The number of aryl methyl sites for hydroxylation is 2. The third-order valence-electron chi connectivity index (χ3n) is 4.05. The predicted molar refractivity (Wildman–Crippen MR) is 86.6 cm³/mol. The van der Waals surface area contributed by atoms with E-state index in [0.717, 1.165) is 18.8 Å².